The SMILES string of the molecule is CC(C)(C)OC(=O)N1CC[C@@H](CC(=O)O)C1.CCOC(=O)c1cnn(C)c1N.CCOC(=O)c1cnn(C)c1NC(=O)C[C@@H]1CCN(C(=O)C2CC2)C1.CCOC(=O)c1cnn(C)c1NC(=O)C[C@@H]1CCN(C(=O)OC(C)(C)C)C1.Cn1ncc(C(=O)O)c1NC(=O)C[C@@H]1CCN(C(=O)C2CC2)C1.Cn1ncc2c(=O)oc(C[C@@H]3CCN(C(=O)C4CC4)C3)nc21. The molecule has 0 spiro atoms. The van der Waals surface area contributed by atoms with Crippen LogP contribution in [0.15, 0.2) is 40.2 Å². The van der Waals surface area contributed by atoms with Crippen LogP contribution in [0.2, 0.25) is 0 Å². The van der Waals surface area contributed by atoms with E-state index in [1.165, 1.54) is 49.7 Å². The van der Waals surface area contributed by atoms with Crippen LogP contribution in [0.3, 0.4) is 0 Å². The van der Waals surface area contributed by atoms with Crippen molar-refractivity contribution in [2.24, 2.45) is 82.6 Å². The van der Waals surface area contributed by atoms with Crippen LogP contribution in [0.4, 0.5) is 32.9 Å². The fraction of sp³-hybridized carbons (Fsp3) is 0.639. The Bertz CT molecular complexity index is 4920. The Balaban J connectivity index is 0.000000172. The number of nitrogens with two attached hydrogens (primary N) is 1. The summed E-state index contributed by atoms with van der Waals surface area (Å²) in [5, 5.41) is 46.0. The minimum atomic E-state index is -1.13. The van der Waals surface area contributed by atoms with Crippen molar-refractivity contribution >= 4 is 112 Å². The first-order valence-electron chi connectivity index (χ1n) is 42.4. The second-order valence-corrected chi connectivity index (χ2v) is 34.4. The van der Waals surface area contributed by atoms with Gasteiger partial charge in [-0.1, -0.05) is 0 Å². The number of amides is 8. The molecule has 3 saturated carbocycles. The van der Waals surface area contributed by atoms with Crippen molar-refractivity contribution < 1.29 is 101 Å². The van der Waals surface area contributed by atoms with Crippen LogP contribution in [0.1, 0.15) is 206 Å². The highest BCUT2D eigenvalue weighted by molar-refractivity contribution is 6.02. The summed E-state index contributed by atoms with van der Waals surface area (Å²) in [5.74, 6) is -0.357. The molecule has 5 atom stereocenters. The zero-order valence-corrected chi connectivity index (χ0v) is 73.8. The van der Waals surface area contributed by atoms with E-state index in [9.17, 15) is 67.1 Å². The van der Waals surface area contributed by atoms with Crippen LogP contribution in [-0.2, 0) is 98.9 Å². The summed E-state index contributed by atoms with van der Waals surface area (Å²) in [6.45, 7) is 23.3. The molecule has 0 radical (unpaired) electrons. The number of nitrogen functional groups attached to an aromatic ring is 1. The smallest absolute Gasteiger partial charge is 0.410 e. The maximum atomic E-state index is 12.4. The number of rotatable bonds is 23. The molecule has 8 fully saturated rings. The highest BCUT2D eigenvalue weighted by Gasteiger charge is 2.41. The number of nitrogens with zero attached hydrogens (tertiary/aromatic N) is 16. The zero-order chi connectivity index (χ0) is 91.5. The summed E-state index contributed by atoms with van der Waals surface area (Å²) < 4.78 is 37.8. The molecule has 42 nitrogen and oxygen atoms in total. The Morgan fingerprint density at radius 2 is 0.752 bits per heavy atom. The van der Waals surface area contributed by atoms with Crippen molar-refractivity contribution in [3.05, 3.63) is 69.5 Å². The fourth-order valence-electron chi connectivity index (χ4n) is 14.7. The Morgan fingerprint density at radius 3 is 1.10 bits per heavy atom. The summed E-state index contributed by atoms with van der Waals surface area (Å²) in [5.41, 5.74) is 5.40. The number of likely N-dealkylation sites (tertiary alicyclic amines) is 5. The van der Waals surface area contributed by atoms with Gasteiger partial charge in [0.25, 0.3) is 0 Å². The van der Waals surface area contributed by atoms with E-state index in [0.29, 0.717) is 117 Å². The first-order chi connectivity index (χ1) is 59.1. The van der Waals surface area contributed by atoms with Gasteiger partial charge in [0, 0.05) is 151 Å². The van der Waals surface area contributed by atoms with Gasteiger partial charge in [0.15, 0.2) is 5.65 Å². The van der Waals surface area contributed by atoms with Crippen molar-refractivity contribution in [1.29, 1.82) is 0 Å². The number of ether oxygens (including phenoxy) is 5. The number of aryl methyl sites for hydroxylation is 5. The maximum absolute atomic E-state index is 12.4. The third-order valence-corrected chi connectivity index (χ3v) is 21.7. The maximum Gasteiger partial charge on any atom is 0.410 e. The molecule has 0 bridgehead atoms. The topological polar surface area (TPSA) is 519 Å². The lowest BCUT2D eigenvalue weighted by atomic mass is 10.0. The van der Waals surface area contributed by atoms with Crippen molar-refractivity contribution in [2.75, 3.05) is 107 Å². The Labute approximate surface area is 723 Å². The molecular formula is C83H120N20O22. The Hall–Kier alpha value is -12.3. The Morgan fingerprint density at radius 1 is 0.432 bits per heavy atom. The molecule has 3 aliphatic carbocycles. The van der Waals surface area contributed by atoms with Crippen LogP contribution in [-0.4, -0.2) is 263 Å². The largest absolute Gasteiger partial charge is 0.481 e. The summed E-state index contributed by atoms with van der Waals surface area (Å²) in [6.07, 6.45) is 17.8. The average Bonchev–Trinajstić information content (AvgIpc) is 1.67. The molecule has 6 aromatic rings. The lowest BCUT2D eigenvalue weighted by Gasteiger charge is -2.24. The molecule has 0 unspecified atom stereocenters. The van der Waals surface area contributed by atoms with E-state index < -0.39 is 46.7 Å². The number of hydrogen-bond donors (Lipinski definition) is 6. The molecule has 7 N–H and O–H groups in total. The quantitative estimate of drug-likeness (QED) is 0.0287. The number of aromatic carboxylic acids is 1. The average molecular weight is 1750 g/mol. The highest BCUT2D eigenvalue weighted by atomic mass is 16.6. The van der Waals surface area contributed by atoms with Gasteiger partial charge in [-0.25, -0.2) is 33.6 Å². The van der Waals surface area contributed by atoms with E-state index >= 15 is 0 Å². The monoisotopic (exact) mass is 1750 g/mol. The van der Waals surface area contributed by atoms with Gasteiger partial charge in [0.2, 0.25) is 41.3 Å². The molecule has 0 aromatic carbocycles. The van der Waals surface area contributed by atoms with Gasteiger partial charge in [-0.05, 0) is 163 Å². The molecule has 6 aromatic heterocycles. The number of hydrogen-bond acceptors (Lipinski definition) is 27. The first-order valence-corrected chi connectivity index (χ1v) is 42.4. The normalized spacial score (nSPS) is 18.8. The minimum Gasteiger partial charge on any atom is -0.481 e. The molecular weight excluding hydrogens is 1630 g/mol. The van der Waals surface area contributed by atoms with Crippen LogP contribution in [0.25, 0.3) is 11.0 Å². The van der Waals surface area contributed by atoms with E-state index in [0.717, 1.165) is 90.3 Å². The number of aromatic nitrogens is 11. The van der Waals surface area contributed by atoms with Crippen LogP contribution in [0, 0.1) is 47.3 Å². The number of esters is 3. The van der Waals surface area contributed by atoms with Gasteiger partial charge >= 0.3 is 47.7 Å². The van der Waals surface area contributed by atoms with Gasteiger partial charge in [0.05, 0.1) is 50.8 Å². The van der Waals surface area contributed by atoms with Crippen LogP contribution < -0.4 is 27.3 Å². The van der Waals surface area contributed by atoms with Crippen LogP contribution in [0.5, 0.6) is 0 Å². The van der Waals surface area contributed by atoms with E-state index in [1.807, 2.05) is 56.2 Å². The highest BCUT2D eigenvalue weighted by Crippen LogP contribution is 2.37. The number of nitrogens with one attached hydrogen (secondary N) is 3. The third-order valence-electron chi connectivity index (χ3n) is 21.7. The molecule has 11 heterocycles. The predicted molar refractivity (Wildman–Crippen MR) is 449 cm³/mol. The lowest BCUT2D eigenvalue weighted by molar-refractivity contribution is -0.138. The van der Waals surface area contributed by atoms with Crippen molar-refractivity contribution in [1.82, 2.24) is 78.4 Å². The summed E-state index contributed by atoms with van der Waals surface area (Å²) in [6, 6.07) is 0. The second kappa shape index (κ2) is 43.3. The molecule has 5 aliphatic heterocycles. The fourth-order valence-corrected chi connectivity index (χ4v) is 14.7. The number of anilines is 4. The Kier molecular flexibility index (Phi) is 33.5. The van der Waals surface area contributed by atoms with Gasteiger partial charge in [0.1, 0.15) is 62.1 Å². The second-order valence-electron chi connectivity index (χ2n) is 34.4. The number of carbonyl (C=O) groups excluding carboxylic acids is 11. The van der Waals surface area contributed by atoms with Gasteiger partial charge in [-0.3, -0.25) is 57.0 Å². The summed E-state index contributed by atoms with van der Waals surface area (Å²) >= 11 is 0. The number of fused-ring (bicyclic) bond motifs is 1. The number of carboxylic acid groups (broad SMARTS) is 2. The molecule has 8 aliphatic rings. The van der Waals surface area contributed by atoms with E-state index in [1.54, 1.807) is 70.5 Å². The van der Waals surface area contributed by atoms with E-state index in [2.05, 4.69) is 46.4 Å². The third kappa shape index (κ3) is 28.4. The number of aliphatic carboxylic acids is 1. The summed E-state index contributed by atoms with van der Waals surface area (Å²) in [4.78, 5) is 179. The molecule has 42 heteroatoms. The van der Waals surface area contributed by atoms with Crippen molar-refractivity contribution in [3.8, 4) is 0 Å². The standard InChI is InChI=1S/C18H28N4O5.C17H24N4O4.C15H20N4O4.C15H18N4O3.C11H19NO4.C7H11N3O2/c1-6-26-16(24)13-10-19-21(5)15(13)20-14(23)9-12-7-8-22(11-12)17(25)27-18(2,3)4;1-3-25-17(24)13-9-18-20(2)15(13)19-14(22)8-11-6-7-21(10-11)16(23)12-4-5-12;1-18-13(11(7-16-18)15(22)23)17-12(20)6-9-4-5-19(8-9)14(21)10-2-3-10;1-18-13-11(7-16-18)15(21)22-12(17-13)6-9-4-5-19(8-9)14(20)10-2-3-10;1-11(2,3)16-10(15)12-5-4-8(7-12)6-9(13)14;1-3-12-7(11)5-4-9-10(2)6(5)8/h10,12H,6-9,11H2,1-5H3,(H,20,23);9,11-12H,3-8,10H2,1-2H3,(H,19,22);7,9-10H,2-6,8H2,1H3,(H,17,20)(H,22,23);7,9-10H,2-6,8H2,1H3;8H,4-7H2,1-3H3,(H,13,14);4H,3,8H2,1-2H3/t12-;11-;2*9-;8-;/m00000./s1. The molecule has 125 heavy (non-hydrogen) atoms. The predicted octanol–water partition coefficient (Wildman–Crippen LogP) is 6.69. The van der Waals surface area contributed by atoms with Gasteiger partial charge in [-0.15, -0.1) is 0 Å². The zero-order valence-electron chi connectivity index (χ0n) is 73.8. The number of carboxylic acids is 2. The van der Waals surface area contributed by atoms with E-state index in [4.69, 9.17) is 44.0 Å². The van der Waals surface area contributed by atoms with Crippen molar-refractivity contribution in [3.63, 3.8) is 0 Å². The van der Waals surface area contributed by atoms with Gasteiger partial charge in [-0.2, -0.15) is 30.5 Å². The lowest BCUT2D eigenvalue weighted by Crippen LogP contribution is -2.35. The molecule has 5 saturated heterocycles. The summed E-state index contributed by atoms with van der Waals surface area (Å²) in [7, 11) is 8.29. The molecule has 684 valence electrons. The minimum absolute atomic E-state index is 0.0298. The first kappa shape index (κ1) is 96.5. The van der Waals surface area contributed by atoms with E-state index in [-0.39, 0.29) is 138 Å². The van der Waals surface area contributed by atoms with Crippen molar-refractivity contribution in [2.45, 2.75) is 176 Å². The van der Waals surface area contributed by atoms with Gasteiger partial charge < -0.3 is 84.5 Å². The molecule has 14 rings (SSSR count). The number of carbonyl (C=O) groups is 13. The van der Waals surface area contributed by atoms with Crippen LogP contribution >= 0.6 is 0 Å². The molecule has 8 amide bonds.